The van der Waals surface area contributed by atoms with Crippen molar-refractivity contribution in [2.24, 2.45) is 0 Å². The van der Waals surface area contributed by atoms with Crippen LogP contribution in [0.15, 0.2) is 18.3 Å². The Balaban J connectivity index is 1.54. The normalized spacial score (nSPS) is 23.1. The summed E-state index contributed by atoms with van der Waals surface area (Å²) in [6.45, 7) is 3.28. The lowest BCUT2D eigenvalue weighted by Gasteiger charge is -2.37. The average Bonchev–Trinajstić information content (AvgIpc) is 2.56. The molecule has 1 aromatic rings. The van der Waals surface area contributed by atoms with Crippen LogP contribution < -0.4 is 10.6 Å². The number of anilines is 2. The smallest absolute Gasteiger partial charge is 0.235 e. The van der Waals surface area contributed by atoms with Crippen LogP contribution in [0, 0.1) is 0 Å². The van der Waals surface area contributed by atoms with E-state index in [0.29, 0.717) is 11.6 Å². The van der Waals surface area contributed by atoms with Crippen LogP contribution in [0.1, 0.15) is 19.3 Å². The van der Waals surface area contributed by atoms with Gasteiger partial charge in [-0.3, -0.25) is 4.79 Å². The van der Waals surface area contributed by atoms with Crippen molar-refractivity contribution in [3.63, 3.8) is 0 Å². The van der Waals surface area contributed by atoms with Crippen molar-refractivity contribution in [1.82, 2.24) is 9.88 Å². The highest BCUT2D eigenvalue weighted by Crippen LogP contribution is 2.27. The van der Waals surface area contributed by atoms with Crippen LogP contribution in [0.25, 0.3) is 0 Å². The van der Waals surface area contributed by atoms with Crippen molar-refractivity contribution >= 4 is 29.2 Å². The van der Waals surface area contributed by atoms with Crippen molar-refractivity contribution in [3.8, 4) is 0 Å². The second-order valence-corrected chi connectivity index (χ2v) is 6.93. The van der Waals surface area contributed by atoms with Crippen molar-refractivity contribution in [3.05, 3.63) is 18.3 Å². The molecule has 0 aromatic carbocycles. The zero-order valence-corrected chi connectivity index (χ0v) is 13.0. The van der Waals surface area contributed by atoms with Gasteiger partial charge >= 0.3 is 0 Å². The first-order valence-electron chi connectivity index (χ1n) is 7.61. The van der Waals surface area contributed by atoms with Crippen molar-refractivity contribution in [2.45, 2.75) is 24.5 Å². The summed E-state index contributed by atoms with van der Waals surface area (Å²) in [7, 11) is 0. The number of amides is 1. The van der Waals surface area contributed by atoms with Crippen LogP contribution in [-0.4, -0.2) is 53.0 Å². The van der Waals surface area contributed by atoms with Crippen LogP contribution in [0.5, 0.6) is 0 Å². The first-order valence-corrected chi connectivity index (χ1v) is 8.66. The summed E-state index contributed by atoms with van der Waals surface area (Å²) in [5, 5.41) is 0.194. The maximum atomic E-state index is 12.5. The minimum absolute atomic E-state index is 0.194. The highest BCUT2D eigenvalue weighted by Gasteiger charge is 2.29. The molecule has 3 rings (SSSR count). The van der Waals surface area contributed by atoms with Crippen molar-refractivity contribution < 1.29 is 4.79 Å². The average molecular weight is 306 g/mol. The molecule has 2 saturated heterocycles. The van der Waals surface area contributed by atoms with Crippen LogP contribution in [-0.2, 0) is 4.79 Å². The van der Waals surface area contributed by atoms with Gasteiger partial charge in [0.25, 0.3) is 0 Å². The number of pyridine rings is 1. The Morgan fingerprint density at radius 2 is 2.05 bits per heavy atom. The van der Waals surface area contributed by atoms with Gasteiger partial charge < -0.3 is 15.5 Å². The number of piperazine rings is 1. The largest absolute Gasteiger partial charge is 0.397 e. The fourth-order valence-corrected chi connectivity index (χ4v) is 4.16. The van der Waals surface area contributed by atoms with Gasteiger partial charge in [-0.15, -0.1) is 11.8 Å². The first kappa shape index (κ1) is 14.5. The number of rotatable bonds is 2. The molecular formula is C15H22N4OS. The molecule has 1 aromatic heterocycles. The highest BCUT2D eigenvalue weighted by molar-refractivity contribution is 8.00. The van der Waals surface area contributed by atoms with Crippen molar-refractivity contribution in [1.29, 1.82) is 0 Å². The molecule has 1 unspecified atom stereocenters. The number of nitrogens with zero attached hydrogens (tertiary/aromatic N) is 3. The Labute approximate surface area is 129 Å². The van der Waals surface area contributed by atoms with Crippen LogP contribution in [0.3, 0.4) is 0 Å². The highest BCUT2D eigenvalue weighted by atomic mass is 32.2. The number of hydrogen-bond donors (Lipinski definition) is 1. The predicted molar refractivity (Wildman–Crippen MR) is 87.5 cm³/mol. The van der Waals surface area contributed by atoms with E-state index < -0.39 is 0 Å². The Bertz CT molecular complexity index is 479. The topological polar surface area (TPSA) is 62.5 Å². The standard InChI is InChI=1S/C15H22N4OS/c16-12-4-5-14(17-11-12)18-6-8-19(9-7-18)15(20)13-3-1-2-10-21-13/h4-5,11,13H,1-3,6-10,16H2. The third-order valence-corrected chi connectivity index (χ3v) is 5.51. The number of thioether (sulfide) groups is 1. The third kappa shape index (κ3) is 3.43. The van der Waals surface area contributed by atoms with Gasteiger partial charge in [-0.05, 0) is 30.7 Å². The molecule has 21 heavy (non-hydrogen) atoms. The number of aromatic nitrogens is 1. The first-order chi connectivity index (χ1) is 10.2. The lowest BCUT2D eigenvalue weighted by Crippen LogP contribution is -2.51. The molecule has 6 heteroatoms. The number of hydrogen-bond acceptors (Lipinski definition) is 5. The van der Waals surface area contributed by atoms with Gasteiger partial charge in [0.2, 0.25) is 5.91 Å². The van der Waals surface area contributed by atoms with Gasteiger partial charge in [0.05, 0.1) is 17.1 Å². The molecule has 2 aliphatic rings. The van der Waals surface area contributed by atoms with E-state index in [2.05, 4.69) is 9.88 Å². The van der Waals surface area contributed by atoms with Crippen LogP contribution >= 0.6 is 11.8 Å². The molecule has 2 N–H and O–H groups in total. The number of carbonyl (C=O) groups excluding carboxylic acids is 1. The Morgan fingerprint density at radius 3 is 2.67 bits per heavy atom. The molecule has 0 saturated carbocycles. The minimum Gasteiger partial charge on any atom is -0.397 e. The Morgan fingerprint density at radius 1 is 1.24 bits per heavy atom. The van der Waals surface area contributed by atoms with Gasteiger partial charge in [0, 0.05) is 26.2 Å². The van der Waals surface area contributed by atoms with E-state index in [-0.39, 0.29) is 5.25 Å². The zero-order valence-electron chi connectivity index (χ0n) is 12.2. The Hall–Kier alpha value is -1.43. The van der Waals surface area contributed by atoms with E-state index in [1.165, 1.54) is 12.8 Å². The van der Waals surface area contributed by atoms with E-state index in [1.54, 1.807) is 6.20 Å². The number of carbonyl (C=O) groups is 1. The predicted octanol–water partition coefficient (Wildman–Crippen LogP) is 1.60. The molecule has 1 atom stereocenters. The second-order valence-electron chi connectivity index (χ2n) is 5.62. The van der Waals surface area contributed by atoms with Crippen LogP contribution in [0.2, 0.25) is 0 Å². The summed E-state index contributed by atoms with van der Waals surface area (Å²) >= 11 is 1.83. The fraction of sp³-hybridized carbons (Fsp3) is 0.600. The van der Waals surface area contributed by atoms with E-state index in [9.17, 15) is 4.79 Å². The molecular weight excluding hydrogens is 284 g/mol. The number of nitrogens with two attached hydrogens (primary N) is 1. The molecule has 0 radical (unpaired) electrons. The molecule has 0 bridgehead atoms. The van der Waals surface area contributed by atoms with Crippen molar-refractivity contribution in [2.75, 3.05) is 42.6 Å². The summed E-state index contributed by atoms with van der Waals surface area (Å²) in [5.74, 6) is 2.42. The molecule has 2 aliphatic heterocycles. The maximum absolute atomic E-state index is 12.5. The van der Waals surface area contributed by atoms with Gasteiger partial charge in [0.1, 0.15) is 5.82 Å². The molecule has 0 spiro atoms. The maximum Gasteiger partial charge on any atom is 0.235 e. The minimum atomic E-state index is 0.194. The molecule has 2 fully saturated rings. The number of nitrogen functional groups attached to an aromatic ring is 1. The molecule has 0 aliphatic carbocycles. The second kappa shape index (κ2) is 6.56. The van der Waals surface area contributed by atoms with Gasteiger partial charge in [-0.25, -0.2) is 4.98 Å². The van der Waals surface area contributed by atoms with Gasteiger partial charge in [0.15, 0.2) is 0 Å². The zero-order chi connectivity index (χ0) is 14.7. The van der Waals surface area contributed by atoms with E-state index in [1.807, 2.05) is 28.8 Å². The van der Waals surface area contributed by atoms with E-state index in [0.717, 1.165) is 44.2 Å². The molecule has 1 amide bonds. The summed E-state index contributed by atoms with van der Waals surface area (Å²) in [5.41, 5.74) is 6.35. The fourth-order valence-electron chi connectivity index (χ4n) is 2.88. The Kier molecular flexibility index (Phi) is 4.53. The summed E-state index contributed by atoms with van der Waals surface area (Å²) in [6, 6.07) is 3.82. The van der Waals surface area contributed by atoms with E-state index >= 15 is 0 Å². The summed E-state index contributed by atoms with van der Waals surface area (Å²) in [4.78, 5) is 21.1. The molecule has 114 valence electrons. The van der Waals surface area contributed by atoms with Gasteiger partial charge in [-0.1, -0.05) is 6.42 Å². The summed E-state index contributed by atoms with van der Waals surface area (Å²) in [6.07, 6.45) is 5.18. The van der Waals surface area contributed by atoms with Crippen LogP contribution in [0.4, 0.5) is 11.5 Å². The monoisotopic (exact) mass is 306 g/mol. The third-order valence-electron chi connectivity index (χ3n) is 4.14. The molecule has 3 heterocycles. The summed E-state index contributed by atoms with van der Waals surface area (Å²) < 4.78 is 0. The van der Waals surface area contributed by atoms with Gasteiger partial charge in [-0.2, -0.15) is 0 Å². The quantitative estimate of drug-likeness (QED) is 0.899. The van der Waals surface area contributed by atoms with E-state index in [4.69, 9.17) is 5.73 Å². The lowest BCUT2D eigenvalue weighted by molar-refractivity contribution is -0.131. The molecule has 5 nitrogen and oxygen atoms in total. The SMILES string of the molecule is Nc1ccc(N2CCN(C(=O)C3CCCCS3)CC2)nc1. The lowest BCUT2D eigenvalue weighted by atomic mass is 10.1.